The van der Waals surface area contributed by atoms with Crippen LogP contribution in [0.3, 0.4) is 0 Å². The number of ether oxygens (including phenoxy) is 1. The van der Waals surface area contributed by atoms with Gasteiger partial charge in [-0.05, 0) is 0 Å². The van der Waals surface area contributed by atoms with Crippen molar-refractivity contribution in [3.05, 3.63) is 48.3 Å². The molecule has 1 aliphatic rings. The highest BCUT2D eigenvalue weighted by Gasteiger charge is 2.30. The van der Waals surface area contributed by atoms with E-state index in [2.05, 4.69) is 4.99 Å². The van der Waals surface area contributed by atoms with Gasteiger partial charge in [-0.25, -0.2) is 0 Å². The lowest BCUT2D eigenvalue weighted by Crippen LogP contribution is -2.43. The SMILES string of the molecule is CC(=O)OC1C(c2ccccc2)=NC=CN1OC(C)=O. The molecule has 0 fully saturated rings. The van der Waals surface area contributed by atoms with Gasteiger partial charge in [0.05, 0.1) is 6.20 Å². The molecule has 1 aromatic carbocycles. The first-order valence-corrected chi connectivity index (χ1v) is 6.02. The smallest absolute Gasteiger partial charge is 0.329 e. The van der Waals surface area contributed by atoms with Gasteiger partial charge in [0.2, 0.25) is 0 Å². The van der Waals surface area contributed by atoms with E-state index < -0.39 is 18.2 Å². The maximum atomic E-state index is 11.3. The largest absolute Gasteiger partial charge is 0.432 e. The Balaban J connectivity index is 2.33. The van der Waals surface area contributed by atoms with Gasteiger partial charge in [0.1, 0.15) is 5.71 Å². The molecule has 0 saturated carbocycles. The summed E-state index contributed by atoms with van der Waals surface area (Å²) in [5, 5.41) is 1.17. The third-order valence-electron chi connectivity index (χ3n) is 2.47. The Labute approximate surface area is 116 Å². The predicted octanol–water partition coefficient (Wildman–Crippen LogP) is 1.63. The van der Waals surface area contributed by atoms with E-state index in [9.17, 15) is 9.59 Å². The van der Waals surface area contributed by atoms with Crippen LogP contribution in [-0.4, -0.2) is 28.9 Å². The van der Waals surface area contributed by atoms with E-state index in [0.717, 1.165) is 5.56 Å². The van der Waals surface area contributed by atoms with Gasteiger partial charge in [0.15, 0.2) is 0 Å². The molecule has 0 aliphatic carbocycles. The number of esters is 1. The van der Waals surface area contributed by atoms with Crippen LogP contribution in [0.25, 0.3) is 0 Å². The lowest BCUT2D eigenvalue weighted by atomic mass is 10.1. The van der Waals surface area contributed by atoms with Crippen LogP contribution in [-0.2, 0) is 19.2 Å². The second-order valence-electron chi connectivity index (χ2n) is 4.08. The molecular weight excluding hydrogens is 260 g/mol. The maximum Gasteiger partial charge on any atom is 0.329 e. The van der Waals surface area contributed by atoms with Gasteiger partial charge in [-0.2, -0.15) is 5.06 Å². The fraction of sp³-hybridized carbons (Fsp3) is 0.214. The van der Waals surface area contributed by atoms with Crippen LogP contribution in [0.2, 0.25) is 0 Å². The Morgan fingerprint density at radius 2 is 1.85 bits per heavy atom. The highest BCUT2D eigenvalue weighted by atomic mass is 16.7. The van der Waals surface area contributed by atoms with E-state index in [1.54, 1.807) is 0 Å². The van der Waals surface area contributed by atoms with Crippen molar-refractivity contribution in [3.63, 3.8) is 0 Å². The molecule has 0 N–H and O–H groups in total. The highest BCUT2D eigenvalue weighted by molar-refractivity contribution is 6.05. The minimum absolute atomic E-state index is 0.490. The summed E-state index contributed by atoms with van der Waals surface area (Å²) in [4.78, 5) is 31.6. The van der Waals surface area contributed by atoms with Gasteiger partial charge in [-0.1, -0.05) is 30.3 Å². The summed E-state index contributed by atoms with van der Waals surface area (Å²) in [6.45, 7) is 2.56. The normalized spacial score (nSPS) is 17.4. The lowest BCUT2D eigenvalue weighted by molar-refractivity contribution is -0.207. The van der Waals surface area contributed by atoms with Crippen molar-refractivity contribution in [1.29, 1.82) is 0 Å². The molecule has 104 valence electrons. The number of hydroxylamine groups is 2. The molecule has 0 bridgehead atoms. The molecule has 1 aliphatic heterocycles. The summed E-state index contributed by atoms with van der Waals surface area (Å²) < 4.78 is 5.20. The minimum atomic E-state index is -0.899. The van der Waals surface area contributed by atoms with E-state index in [-0.39, 0.29) is 0 Å². The highest BCUT2D eigenvalue weighted by Crippen LogP contribution is 2.17. The van der Waals surface area contributed by atoms with Crippen LogP contribution in [0.5, 0.6) is 0 Å². The molecule has 6 heteroatoms. The maximum absolute atomic E-state index is 11.3. The zero-order valence-corrected chi connectivity index (χ0v) is 11.1. The Kier molecular flexibility index (Phi) is 4.14. The van der Waals surface area contributed by atoms with E-state index in [1.807, 2.05) is 30.3 Å². The second kappa shape index (κ2) is 6.01. The van der Waals surface area contributed by atoms with E-state index in [1.165, 1.54) is 31.3 Å². The van der Waals surface area contributed by atoms with Gasteiger partial charge < -0.3 is 9.57 Å². The quantitative estimate of drug-likeness (QED) is 0.784. The Morgan fingerprint density at radius 1 is 1.15 bits per heavy atom. The zero-order chi connectivity index (χ0) is 14.5. The van der Waals surface area contributed by atoms with Crippen LogP contribution >= 0.6 is 0 Å². The van der Waals surface area contributed by atoms with Gasteiger partial charge in [-0.3, -0.25) is 14.6 Å². The summed E-state index contributed by atoms with van der Waals surface area (Å²) in [7, 11) is 0. The summed E-state index contributed by atoms with van der Waals surface area (Å²) in [5.74, 6) is -1.01. The fourth-order valence-corrected chi connectivity index (χ4v) is 1.76. The van der Waals surface area contributed by atoms with Crippen molar-refractivity contribution in [2.45, 2.75) is 20.1 Å². The molecule has 0 aromatic heterocycles. The molecular formula is C14H14N2O4. The molecule has 1 atom stereocenters. The van der Waals surface area contributed by atoms with E-state index >= 15 is 0 Å². The molecule has 1 aromatic rings. The fourth-order valence-electron chi connectivity index (χ4n) is 1.76. The average Bonchev–Trinajstić information content (AvgIpc) is 2.40. The van der Waals surface area contributed by atoms with Gasteiger partial charge in [0.25, 0.3) is 6.23 Å². The van der Waals surface area contributed by atoms with Crippen LogP contribution in [0.4, 0.5) is 0 Å². The van der Waals surface area contributed by atoms with E-state index in [0.29, 0.717) is 5.71 Å². The number of rotatable bonds is 3. The summed E-state index contributed by atoms with van der Waals surface area (Å²) in [6, 6.07) is 9.22. The van der Waals surface area contributed by atoms with Crippen LogP contribution < -0.4 is 0 Å². The molecule has 1 heterocycles. The average molecular weight is 274 g/mol. The van der Waals surface area contributed by atoms with Crippen molar-refractivity contribution in [3.8, 4) is 0 Å². The first kappa shape index (κ1) is 13.8. The van der Waals surface area contributed by atoms with Gasteiger partial charge >= 0.3 is 11.9 Å². The summed E-state index contributed by atoms with van der Waals surface area (Å²) >= 11 is 0. The molecule has 0 amide bonds. The minimum Gasteiger partial charge on any atom is -0.432 e. The Morgan fingerprint density at radius 3 is 2.45 bits per heavy atom. The van der Waals surface area contributed by atoms with Crippen molar-refractivity contribution < 1.29 is 19.2 Å². The molecule has 0 saturated heterocycles. The zero-order valence-electron chi connectivity index (χ0n) is 11.1. The first-order valence-electron chi connectivity index (χ1n) is 6.02. The van der Waals surface area contributed by atoms with Crippen molar-refractivity contribution in [2.24, 2.45) is 4.99 Å². The van der Waals surface area contributed by atoms with Crippen molar-refractivity contribution in [2.75, 3.05) is 0 Å². The number of nitrogens with zero attached hydrogens (tertiary/aromatic N) is 2. The molecule has 1 unspecified atom stereocenters. The van der Waals surface area contributed by atoms with Gasteiger partial charge in [-0.15, -0.1) is 0 Å². The van der Waals surface area contributed by atoms with Crippen LogP contribution in [0, 0.1) is 0 Å². The number of carbonyl (C=O) groups excluding carboxylic acids is 2. The second-order valence-corrected chi connectivity index (χ2v) is 4.08. The number of hydrogen-bond donors (Lipinski definition) is 0. The third kappa shape index (κ3) is 3.23. The first-order chi connectivity index (χ1) is 9.58. The van der Waals surface area contributed by atoms with Crippen molar-refractivity contribution in [1.82, 2.24) is 5.06 Å². The van der Waals surface area contributed by atoms with Crippen LogP contribution in [0.1, 0.15) is 19.4 Å². The number of aliphatic imine (C=N–C) groups is 1. The molecule has 20 heavy (non-hydrogen) atoms. The third-order valence-corrected chi connectivity index (χ3v) is 2.47. The Bertz CT molecular complexity index is 566. The number of carbonyl (C=O) groups is 2. The summed E-state index contributed by atoms with van der Waals surface area (Å²) in [6.07, 6.45) is 2.01. The molecule has 0 spiro atoms. The topological polar surface area (TPSA) is 68.2 Å². The molecule has 0 radical (unpaired) electrons. The summed E-state index contributed by atoms with van der Waals surface area (Å²) in [5.41, 5.74) is 1.27. The molecule has 2 rings (SSSR count). The van der Waals surface area contributed by atoms with Crippen molar-refractivity contribution >= 4 is 17.7 Å². The van der Waals surface area contributed by atoms with E-state index in [4.69, 9.17) is 9.57 Å². The lowest BCUT2D eigenvalue weighted by Gasteiger charge is -2.30. The molecule has 6 nitrogen and oxygen atoms in total. The number of benzene rings is 1. The number of hydrogen-bond acceptors (Lipinski definition) is 6. The Hall–Kier alpha value is -2.63. The standard InChI is InChI=1S/C14H14N2O4/c1-10(17)19-14-13(12-6-4-3-5-7-12)15-8-9-16(14)20-11(2)18/h3-9,14H,1-2H3. The van der Waals surface area contributed by atoms with Gasteiger partial charge in [0, 0.05) is 25.6 Å². The monoisotopic (exact) mass is 274 g/mol. The predicted molar refractivity (Wildman–Crippen MR) is 71.3 cm³/mol. The van der Waals surface area contributed by atoms with Crippen LogP contribution in [0.15, 0.2) is 47.7 Å².